The molecule has 0 bridgehead atoms. The van der Waals surface area contributed by atoms with E-state index < -0.39 is 0 Å². The van der Waals surface area contributed by atoms with E-state index in [0.717, 1.165) is 25.3 Å². The van der Waals surface area contributed by atoms with Crippen molar-refractivity contribution in [3.05, 3.63) is 35.9 Å². The standard InChI is InChI=1S/C19H32N2/c1-18(2,3)17-11-13-21(14-17)19(4,15-20)12-10-16-8-6-5-7-9-16/h5-9,17H,10-15,20H2,1-4H3. The molecule has 2 N–H and O–H groups in total. The first-order chi connectivity index (χ1) is 9.85. The van der Waals surface area contributed by atoms with Gasteiger partial charge in [-0.2, -0.15) is 0 Å². The molecule has 1 fully saturated rings. The highest BCUT2D eigenvalue weighted by atomic mass is 15.2. The Morgan fingerprint density at radius 2 is 1.81 bits per heavy atom. The fourth-order valence-corrected chi connectivity index (χ4v) is 3.41. The van der Waals surface area contributed by atoms with Crippen LogP contribution < -0.4 is 5.73 Å². The Balaban J connectivity index is 1.98. The number of aryl methyl sites for hydroxylation is 1. The summed E-state index contributed by atoms with van der Waals surface area (Å²) < 4.78 is 0. The highest BCUT2D eigenvalue weighted by Gasteiger charge is 2.39. The molecular weight excluding hydrogens is 256 g/mol. The van der Waals surface area contributed by atoms with Crippen molar-refractivity contribution in [3.8, 4) is 0 Å². The number of benzene rings is 1. The van der Waals surface area contributed by atoms with Crippen LogP contribution in [-0.4, -0.2) is 30.1 Å². The number of nitrogens with two attached hydrogens (primary N) is 1. The molecule has 2 atom stereocenters. The predicted molar refractivity (Wildman–Crippen MR) is 91.4 cm³/mol. The molecule has 1 aliphatic heterocycles. The van der Waals surface area contributed by atoms with Crippen LogP contribution in [0.15, 0.2) is 30.3 Å². The molecule has 1 aromatic carbocycles. The molecule has 118 valence electrons. The molecule has 0 radical (unpaired) electrons. The van der Waals surface area contributed by atoms with Crippen molar-refractivity contribution in [2.24, 2.45) is 17.1 Å². The summed E-state index contributed by atoms with van der Waals surface area (Å²) in [5.41, 5.74) is 8.13. The molecule has 1 heterocycles. The minimum atomic E-state index is 0.135. The second-order valence-corrected chi connectivity index (χ2v) is 7.98. The van der Waals surface area contributed by atoms with Crippen LogP contribution in [0.4, 0.5) is 0 Å². The van der Waals surface area contributed by atoms with E-state index in [-0.39, 0.29) is 5.54 Å². The molecule has 2 rings (SSSR count). The number of hydrogen-bond donors (Lipinski definition) is 1. The monoisotopic (exact) mass is 288 g/mol. The van der Waals surface area contributed by atoms with Gasteiger partial charge in [0.15, 0.2) is 0 Å². The zero-order valence-corrected chi connectivity index (χ0v) is 14.2. The minimum absolute atomic E-state index is 0.135. The van der Waals surface area contributed by atoms with E-state index in [4.69, 9.17) is 5.73 Å². The van der Waals surface area contributed by atoms with Crippen LogP contribution in [0.1, 0.15) is 46.1 Å². The molecule has 2 heteroatoms. The Labute approximate surface area is 130 Å². The minimum Gasteiger partial charge on any atom is -0.329 e. The fraction of sp³-hybridized carbons (Fsp3) is 0.684. The first-order valence-corrected chi connectivity index (χ1v) is 8.34. The first-order valence-electron chi connectivity index (χ1n) is 8.34. The topological polar surface area (TPSA) is 29.3 Å². The lowest BCUT2D eigenvalue weighted by atomic mass is 9.80. The van der Waals surface area contributed by atoms with Gasteiger partial charge in [-0.1, -0.05) is 51.1 Å². The smallest absolute Gasteiger partial charge is 0.0306 e. The molecule has 0 amide bonds. The van der Waals surface area contributed by atoms with E-state index >= 15 is 0 Å². The Bertz CT molecular complexity index is 435. The molecule has 0 aliphatic carbocycles. The average Bonchev–Trinajstić information content (AvgIpc) is 2.96. The molecule has 2 unspecified atom stereocenters. The second-order valence-electron chi connectivity index (χ2n) is 7.98. The molecule has 1 aromatic rings. The van der Waals surface area contributed by atoms with Gasteiger partial charge in [0.05, 0.1) is 0 Å². The van der Waals surface area contributed by atoms with E-state index in [0.29, 0.717) is 5.41 Å². The first kappa shape index (κ1) is 16.5. The van der Waals surface area contributed by atoms with E-state index in [1.54, 1.807) is 0 Å². The van der Waals surface area contributed by atoms with Gasteiger partial charge in [0.1, 0.15) is 0 Å². The maximum Gasteiger partial charge on any atom is 0.0306 e. The normalized spacial score (nSPS) is 23.2. The quantitative estimate of drug-likeness (QED) is 0.895. The van der Waals surface area contributed by atoms with Crippen LogP contribution in [0.3, 0.4) is 0 Å². The molecular formula is C19H32N2. The van der Waals surface area contributed by atoms with Gasteiger partial charge in [0.2, 0.25) is 0 Å². The third-order valence-corrected chi connectivity index (χ3v) is 5.41. The van der Waals surface area contributed by atoms with Crippen LogP contribution in [0.2, 0.25) is 0 Å². The molecule has 21 heavy (non-hydrogen) atoms. The van der Waals surface area contributed by atoms with Gasteiger partial charge in [-0.3, -0.25) is 4.90 Å². The molecule has 0 saturated carbocycles. The van der Waals surface area contributed by atoms with Crippen molar-refractivity contribution in [1.29, 1.82) is 0 Å². The van der Waals surface area contributed by atoms with E-state index in [1.165, 1.54) is 25.1 Å². The highest BCUT2D eigenvalue weighted by molar-refractivity contribution is 5.15. The Kier molecular flexibility index (Phi) is 5.11. The van der Waals surface area contributed by atoms with Gasteiger partial charge < -0.3 is 5.73 Å². The van der Waals surface area contributed by atoms with Gasteiger partial charge in [-0.05, 0) is 49.6 Å². The van der Waals surface area contributed by atoms with Crippen molar-refractivity contribution >= 4 is 0 Å². The van der Waals surface area contributed by atoms with Gasteiger partial charge in [-0.15, -0.1) is 0 Å². The molecule has 0 aromatic heterocycles. The van der Waals surface area contributed by atoms with Crippen LogP contribution in [-0.2, 0) is 6.42 Å². The van der Waals surface area contributed by atoms with Gasteiger partial charge in [0.25, 0.3) is 0 Å². The summed E-state index contributed by atoms with van der Waals surface area (Å²) in [6, 6.07) is 10.8. The van der Waals surface area contributed by atoms with Gasteiger partial charge in [0, 0.05) is 18.6 Å². The number of rotatable bonds is 5. The summed E-state index contributed by atoms with van der Waals surface area (Å²) in [7, 11) is 0. The summed E-state index contributed by atoms with van der Waals surface area (Å²) >= 11 is 0. The number of likely N-dealkylation sites (tertiary alicyclic amines) is 1. The molecule has 2 nitrogen and oxygen atoms in total. The van der Waals surface area contributed by atoms with E-state index in [2.05, 4.69) is 62.9 Å². The summed E-state index contributed by atoms with van der Waals surface area (Å²) in [5.74, 6) is 0.792. The lowest BCUT2D eigenvalue weighted by molar-refractivity contribution is 0.115. The van der Waals surface area contributed by atoms with Crippen molar-refractivity contribution in [3.63, 3.8) is 0 Å². The number of hydrogen-bond acceptors (Lipinski definition) is 2. The Morgan fingerprint density at radius 1 is 1.14 bits per heavy atom. The summed E-state index contributed by atoms with van der Waals surface area (Å²) in [6.45, 7) is 12.6. The second kappa shape index (κ2) is 6.50. The molecule has 0 spiro atoms. The van der Waals surface area contributed by atoms with Gasteiger partial charge in [-0.25, -0.2) is 0 Å². The zero-order chi connectivity index (χ0) is 15.5. The Hall–Kier alpha value is -0.860. The molecule has 1 aliphatic rings. The lowest BCUT2D eigenvalue weighted by Crippen LogP contribution is -2.51. The maximum atomic E-state index is 6.16. The number of nitrogens with zero attached hydrogens (tertiary/aromatic N) is 1. The van der Waals surface area contributed by atoms with Crippen molar-refractivity contribution in [1.82, 2.24) is 4.90 Å². The lowest BCUT2D eigenvalue weighted by Gasteiger charge is -2.39. The van der Waals surface area contributed by atoms with Crippen LogP contribution in [0.25, 0.3) is 0 Å². The highest BCUT2D eigenvalue weighted by Crippen LogP contribution is 2.37. The molecule has 1 saturated heterocycles. The van der Waals surface area contributed by atoms with Crippen molar-refractivity contribution < 1.29 is 0 Å². The van der Waals surface area contributed by atoms with Crippen LogP contribution in [0, 0.1) is 11.3 Å². The largest absolute Gasteiger partial charge is 0.329 e. The van der Waals surface area contributed by atoms with Crippen LogP contribution in [0.5, 0.6) is 0 Å². The van der Waals surface area contributed by atoms with Crippen LogP contribution >= 0.6 is 0 Å². The Morgan fingerprint density at radius 3 is 2.33 bits per heavy atom. The van der Waals surface area contributed by atoms with E-state index in [1.807, 2.05) is 0 Å². The third kappa shape index (κ3) is 4.08. The van der Waals surface area contributed by atoms with E-state index in [9.17, 15) is 0 Å². The summed E-state index contributed by atoms with van der Waals surface area (Å²) in [6.07, 6.45) is 3.57. The zero-order valence-electron chi connectivity index (χ0n) is 14.2. The maximum absolute atomic E-state index is 6.16. The van der Waals surface area contributed by atoms with Crippen molar-refractivity contribution in [2.45, 2.75) is 52.5 Å². The SMILES string of the molecule is CC(C)(C)C1CCN(C(C)(CN)CCc2ccccc2)C1. The van der Waals surface area contributed by atoms with Gasteiger partial charge >= 0.3 is 0 Å². The summed E-state index contributed by atoms with van der Waals surface area (Å²) in [4.78, 5) is 2.64. The predicted octanol–water partition coefficient (Wildman–Crippen LogP) is 3.70. The average molecular weight is 288 g/mol. The third-order valence-electron chi connectivity index (χ3n) is 5.41. The van der Waals surface area contributed by atoms with Crippen molar-refractivity contribution in [2.75, 3.05) is 19.6 Å². The fourth-order valence-electron chi connectivity index (χ4n) is 3.41. The summed E-state index contributed by atoms with van der Waals surface area (Å²) in [5, 5.41) is 0.